The molecule has 0 aliphatic rings. The average molecular weight is 306 g/mol. The molecule has 2 aromatic carbocycles. The molecule has 1 heterocycles. The molecule has 3 aromatic rings. The highest BCUT2D eigenvalue weighted by molar-refractivity contribution is 5.78. The number of rotatable bonds is 2. The first kappa shape index (κ1) is 15.3. The Balaban J connectivity index is 2.25. The molecule has 3 nitrogen and oxygen atoms in total. The molecule has 118 valence electrons. The molecule has 0 saturated carbocycles. The molecule has 1 aromatic heterocycles. The van der Waals surface area contributed by atoms with E-state index in [1.165, 1.54) is 5.56 Å². The first-order chi connectivity index (χ1) is 10.9. The van der Waals surface area contributed by atoms with Crippen LogP contribution in [0.5, 0.6) is 5.75 Å². The topological polar surface area (TPSA) is 38.1 Å². The second-order valence-corrected chi connectivity index (χ2v) is 6.86. The Labute approximate surface area is 137 Å². The van der Waals surface area contributed by atoms with Gasteiger partial charge in [-0.25, -0.2) is 0 Å². The predicted octanol–water partition coefficient (Wildman–Crippen LogP) is 4.99. The fraction of sp³-hybridized carbons (Fsp3) is 0.250. The number of nitrogens with zero attached hydrogens (tertiary/aromatic N) is 2. The second-order valence-electron chi connectivity index (χ2n) is 6.86. The summed E-state index contributed by atoms with van der Waals surface area (Å²) in [6, 6.07) is 18.0. The van der Waals surface area contributed by atoms with Crippen molar-refractivity contribution in [2.45, 2.75) is 33.2 Å². The Bertz CT molecular complexity index is 809. The molecule has 0 saturated heterocycles. The van der Waals surface area contributed by atoms with E-state index < -0.39 is 0 Å². The molecular weight excluding hydrogens is 284 g/mol. The fourth-order valence-electron chi connectivity index (χ4n) is 2.66. The van der Waals surface area contributed by atoms with Gasteiger partial charge in [-0.15, -0.1) is 0 Å². The van der Waals surface area contributed by atoms with Gasteiger partial charge in [0.15, 0.2) is 5.75 Å². The van der Waals surface area contributed by atoms with Crippen LogP contribution in [-0.2, 0) is 5.54 Å². The highest BCUT2D eigenvalue weighted by Gasteiger charge is 2.26. The molecule has 3 rings (SSSR count). The van der Waals surface area contributed by atoms with Crippen molar-refractivity contribution in [1.29, 1.82) is 0 Å². The third kappa shape index (κ3) is 2.87. The number of benzene rings is 2. The van der Waals surface area contributed by atoms with Crippen molar-refractivity contribution in [1.82, 2.24) is 9.78 Å². The molecule has 0 unspecified atom stereocenters. The largest absolute Gasteiger partial charge is 0.504 e. The van der Waals surface area contributed by atoms with Gasteiger partial charge in [0, 0.05) is 11.1 Å². The highest BCUT2D eigenvalue weighted by atomic mass is 16.3. The van der Waals surface area contributed by atoms with E-state index in [9.17, 15) is 5.11 Å². The van der Waals surface area contributed by atoms with E-state index in [1.54, 1.807) is 0 Å². The lowest BCUT2D eigenvalue weighted by Crippen LogP contribution is -2.24. The Kier molecular flexibility index (Phi) is 3.72. The Hall–Kier alpha value is -2.55. The zero-order valence-electron chi connectivity index (χ0n) is 14.0. The summed E-state index contributed by atoms with van der Waals surface area (Å²) in [5.74, 6) is 0.231. The van der Waals surface area contributed by atoms with E-state index >= 15 is 0 Å². The summed E-state index contributed by atoms with van der Waals surface area (Å²) in [4.78, 5) is 0. The summed E-state index contributed by atoms with van der Waals surface area (Å²) in [5, 5.41) is 15.6. The molecule has 3 heteroatoms. The zero-order chi connectivity index (χ0) is 16.6. The summed E-state index contributed by atoms with van der Waals surface area (Å²) in [7, 11) is 0. The quantitative estimate of drug-likeness (QED) is 0.724. The van der Waals surface area contributed by atoms with Crippen molar-refractivity contribution < 1.29 is 5.11 Å². The first-order valence-corrected chi connectivity index (χ1v) is 7.83. The SMILES string of the molecule is Cc1ccc(-c2c(O)c(-c3ccccc3)nn2C(C)(C)C)cc1. The molecule has 0 aliphatic carbocycles. The number of aryl methyl sites for hydroxylation is 1. The zero-order valence-corrected chi connectivity index (χ0v) is 14.0. The molecule has 0 bridgehead atoms. The molecular formula is C20H22N2O. The third-order valence-electron chi connectivity index (χ3n) is 3.87. The van der Waals surface area contributed by atoms with Crippen LogP contribution in [0.1, 0.15) is 26.3 Å². The van der Waals surface area contributed by atoms with Crippen molar-refractivity contribution in [2.24, 2.45) is 0 Å². The van der Waals surface area contributed by atoms with Gasteiger partial charge in [-0.3, -0.25) is 4.68 Å². The Morgan fingerprint density at radius 3 is 2.04 bits per heavy atom. The van der Waals surface area contributed by atoms with E-state index in [4.69, 9.17) is 5.10 Å². The van der Waals surface area contributed by atoms with E-state index in [-0.39, 0.29) is 11.3 Å². The van der Waals surface area contributed by atoms with Gasteiger partial charge >= 0.3 is 0 Å². The van der Waals surface area contributed by atoms with Crippen LogP contribution in [-0.4, -0.2) is 14.9 Å². The normalized spacial score (nSPS) is 11.7. The van der Waals surface area contributed by atoms with Crippen LogP contribution in [0.2, 0.25) is 0 Å². The summed E-state index contributed by atoms with van der Waals surface area (Å²) >= 11 is 0. The summed E-state index contributed by atoms with van der Waals surface area (Å²) in [6.07, 6.45) is 0. The maximum Gasteiger partial charge on any atom is 0.169 e. The Morgan fingerprint density at radius 2 is 1.48 bits per heavy atom. The molecule has 0 spiro atoms. The second kappa shape index (κ2) is 5.58. The standard InChI is InChI=1S/C20H22N2O/c1-14-10-12-16(13-11-14)18-19(23)17(15-8-6-5-7-9-15)21-22(18)20(2,3)4/h5-13,23H,1-4H3. The minimum absolute atomic E-state index is 0.231. The average Bonchev–Trinajstić information content (AvgIpc) is 2.87. The van der Waals surface area contributed by atoms with Crippen LogP contribution in [0.4, 0.5) is 0 Å². The van der Waals surface area contributed by atoms with Crippen LogP contribution in [0.25, 0.3) is 22.5 Å². The number of aromatic nitrogens is 2. The van der Waals surface area contributed by atoms with Crippen molar-refractivity contribution in [2.75, 3.05) is 0 Å². The lowest BCUT2D eigenvalue weighted by atomic mass is 10.0. The third-order valence-corrected chi connectivity index (χ3v) is 3.87. The summed E-state index contributed by atoms with van der Waals surface area (Å²) < 4.78 is 1.91. The van der Waals surface area contributed by atoms with Crippen molar-refractivity contribution in [3.8, 4) is 28.3 Å². The van der Waals surface area contributed by atoms with Crippen LogP contribution >= 0.6 is 0 Å². The Morgan fingerprint density at radius 1 is 0.870 bits per heavy atom. The predicted molar refractivity (Wildman–Crippen MR) is 94.5 cm³/mol. The van der Waals surface area contributed by atoms with Gasteiger partial charge in [-0.05, 0) is 27.7 Å². The molecule has 0 amide bonds. The van der Waals surface area contributed by atoms with Gasteiger partial charge in [-0.1, -0.05) is 60.2 Å². The number of aromatic hydroxyl groups is 1. The van der Waals surface area contributed by atoms with Gasteiger partial charge in [-0.2, -0.15) is 5.10 Å². The maximum atomic E-state index is 10.9. The van der Waals surface area contributed by atoms with E-state index in [0.717, 1.165) is 16.8 Å². The molecule has 1 N–H and O–H groups in total. The van der Waals surface area contributed by atoms with Crippen molar-refractivity contribution in [3.63, 3.8) is 0 Å². The highest BCUT2D eigenvalue weighted by Crippen LogP contribution is 2.40. The van der Waals surface area contributed by atoms with Crippen LogP contribution in [0, 0.1) is 6.92 Å². The van der Waals surface area contributed by atoms with Gasteiger partial charge in [0.25, 0.3) is 0 Å². The maximum absolute atomic E-state index is 10.9. The molecule has 0 aliphatic heterocycles. The van der Waals surface area contributed by atoms with Crippen LogP contribution in [0.3, 0.4) is 0 Å². The van der Waals surface area contributed by atoms with Crippen molar-refractivity contribution >= 4 is 0 Å². The van der Waals surface area contributed by atoms with Gasteiger partial charge in [0.1, 0.15) is 11.4 Å². The molecule has 0 fully saturated rings. The molecule has 0 radical (unpaired) electrons. The number of hydrogen-bond donors (Lipinski definition) is 1. The van der Waals surface area contributed by atoms with Crippen LogP contribution in [0.15, 0.2) is 54.6 Å². The first-order valence-electron chi connectivity index (χ1n) is 7.83. The van der Waals surface area contributed by atoms with E-state index in [1.807, 2.05) is 47.1 Å². The van der Waals surface area contributed by atoms with Gasteiger partial charge < -0.3 is 5.11 Å². The van der Waals surface area contributed by atoms with E-state index in [0.29, 0.717) is 5.69 Å². The summed E-state index contributed by atoms with van der Waals surface area (Å²) in [5.41, 5.74) is 4.23. The summed E-state index contributed by atoms with van der Waals surface area (Å²) in [6.45, 7) is 8.32. The van der Waals surface area contributed by atoms with Crippen LogP contribution < -0.4 is 0 Å². The molecule has 0 atom stereocenters. The van der Waals surface area contributed by atoms with E-state index in [2.05, 4.69) is 39.8 Å². The lowest BCUT2D eigenvalue weighted by Gasteiger charge is -2.22. The van der Waals surface area contributed by atoms with Crippen molar-refractivity contribution in [3.05, 3.63) is 60.2 Å². The monoisotopic (exact) mass is 306 g/mol. The van der Waals surface area contributed by atoms with Gasteiger partial charge in [0.2, 0.25) is 0 Å². The minimum Gasteiger partial charge on any atom is -0.504 e. The smallest absolute Gasteiger partial charge is 0.169 e. The number of hydrogen-bond acceptors (Lipinski definition) is 2. The minimum atomic E-state index is -0.231. The fourth-order valence-corrected chi connectivity index (χ4v) is 2.66. The van der Waals surface area contributed by atoms with Gasteiger partial charge in [0.05, 0.1) is 5.54 Å². The molecule has 23 heavy (non-hydrogen) atoms. The lowest BCUT2D eigenvalue weighted by molar-refractivity contribution is 0.359.